The molecule has 0 bridgehead atoms. The summed E-state index contributed by atoms with van der Waals surface area (Å²) in [4.78, 5) is 0. The molecule has 0 aliphatic rings. The van der Waals surface area contributed by atoms with Crippen LogP contribution in [0, 0.1) is 0 Å². The first-order valence-corrected chi connectivity index (χ1v) is 2.78. The van der Waals surface area contributed by atoms with Crippen LogP contribution in [0.25, 0.3) is 0 Å². The van der Waals surface area contributed by atoms with Crippen molar-refractivity contribution in [1.29, 1.82) is 0 Å². The maximum Gasteiger partial charge on any atom is 0.312 e. The summed E-state index contributed by atoms with van der Waals surface area (Å²) in [6.45, 7) is 2.64. The van der Waals surface area contributed by atoms with Gasteiger partial charge in [-0.05, 0) is 13.8 Å². The average Bonchev–Trinajstić information content (AvgIpc) is 2.11. The lowest BCUT2D eigenvalue weighted by atomic mass is 10.2. The number of alkyl halides is 1. The van der Waals surface area contributed by atoms with Gasteiger partial charge in [-0.2, -0.15) is 0 Å². The maximum atomic E-state index is 12.9. The number of anilines is 1. The van der Waals surface area contributed by atoms with Crippen LogP contribution in [0.3, 0.4) is 0 Å². The predicted octanol–water partition coefficient (Wildman–Crippen LogP) is 0.856. The van der Waals surface area contributed by atoms with E-state index in [4.69, 9.17) is 5.73 Å². The smallest absolute Gasteiger partial charge is 0.312 e. The molecule has 5 heteroatoms. The van der Waals surface area contributed by atoms with E-state index in [9.17, 15) is 4.39 Å². The van der Waals surface area contributed by atoms with Crippen LogP contribution in [0.2, 0.25) is 0 Å². The van der Waals surface area contributed by atoms with Crippen molar-refractivity contribution >= 4 is 6.01 Å². The Hall–Kier alpha value is -1.13. The lowest BCUT2D eigenvalue weighted by molar-refractivity contribution is 0.171. The molecule has 10 heavy (non-hydrogen) atoms. The van der Waals surface area contributed by atoms with Crippen LogP contribution in [-0.4, -0.2) is 10.2 Å². The largest absolute Gasteiger partial charge is 0.405 e. The average molecular weight is 145 g/mol. The summed E-state index contributed by atoms with van der Waals surface area (Å²) in [7, 11) is 0. The number of nitrogens with two attached hydrogens (primary N) is 1. The van der Waals surface area contributed by atoms with E-state index in [0.717, 1.165) is 0 Å². The van der Waals surface area contributed by atoms with Gasteiger partial charge in [0.05, 0.1) is 0 Å². The summed E-state index contributed by atoms with van der Waals surface area (Å²) in [5, 5.41) is 6.67. The Labute approximate surface area is 57.2 Å². The minimum Gasteiger partial charge on any atom is -0.405 e. The van der Waals surface area contributed by atoms with Gasteiger partial charge in [0.2, 0.25) is 0 Å². The highest BCUT2D eigenvalue weighted by Crippen LogP contribution is 2.22. The van der Waals surface area contributed by atoms with Gasteiger partial charge in [-0.1, -0.05) is 5.10 Å². The Morgan fingerprint density at radius 3 is 2.30 bits per heavy atom. The Bertz CT molecular complexity index is 227. The lowest BCUT2D eigenvalue weighted by Gasteiger charge is -2.05. The number of hydrogen-bond acceptors (Lipinski definition) is 4. The highest BCUT2D eigenvalue weighted by molar-refractivity contribution is 5.07. The van der Waals surface area contributed by atoms with Gasteiger partial charge in [-0.15, -0.1) is 5.10 Å². The fraction of sp³-hybridized carbons (Fsp3) is 0.600. The van der Waals surface area contributed by atoms with Gasteiger partial charge in [0.15, 0.2) is 5.67 Å². The second kappa shape index (κ2) is 1.93. The molecular formula is C5H8FN3O. The highest BCUT2D eigenvalue weighted by atomic mass is 19.1. The van der Waals surface area contributed by atoms with E-state index in [1.54, 1.807) is 0 Å². The molecule has 0 radical (unpaired) electrons. The number of rotatable bonds is 1. The van der Waals surface area contributed by atoms with Crippen LogP contribution in [0.15, 0.2) is 4.42 Å². The molecule has 0 aliphatic heterocycles. The van der Waals surface area contributed by atoms with E-state index < -0.39 is 5.67 Å². The summed E-state index contributed by atoms with van der Waals surface area (Å²) in [5.74, 6) is -0.0926. The minimum atomic E-state index is -1.61. The molecule has 0 amide bonds. The van der Waals surface area contributed by atoms with Crippen molar-refractivity contribution < 1.29 is 8.81 Å². The maximum absolute atomic E-state index is 12.9. The van der Waals surface area contributed by atoms with Gasteiger partial charge in [0.25, 0.3) is 5.89 Å². The zero-order valence-corrected chi connectivity index (χ0v) is 5.76. The van der Waals surface area contributed by atoms with Crippen molar-refractivity contribution in [2.45, 2.75) is 19.5 Å². The third kappa shape index (κ3) is 1.23. The molecule has 4 nitrogen and oxygen atoms in total. The second-order valence-electron chi connectivity index (χ2n) is 2.42. The fourth-order valence-electron chi connectivity index (χ4n) is 0.475. The lowest BCUT2D eigenvalue weighted by Crippen LogP contribution is -2.09. The molecular weight excluding hydrogens is 137 g/mol. The Balaban J connectivity index is 2.96. The van der Waals surface area contributed by atoms with E-state index in [2.05, 4.69) is 14.6 Å². The zero-order chi connectivity index (χ0) is 7.78. The third-order valence-corrected chi connectivity index (χ3v) is 0.949. The molecule has 1 aromatic heterocycles. The second-order valence-corrected chi connectivity index (χ2v) is 2.42. The van der Waals surface area contributed by atoms with Crippen molar-refractivity contribution in [3.63, 3.8) is 0 Å². The van der Waals surface area contributed by atoms with Crippen LogP contribution >= 0.6 is 0 Å². The normalized spacial score (nSPS) is 11.9. The first-order valence-electron chi connectivity index (χ1n) is 2.78. The third-order valence-electron chi connectivity index (χ3n) is 0.949. The van der Waals surface area contributed by atoms with Crippen LogP contribution < -0.4 is 5.73 Å². The Morgan fingerprint density at radius 1 is 1.50 bits per heavy atom. The number of halogens is 1. The molecule has 1 aromatic rings. The van der Waals surface area contributed by atoms with Gasteiger partial charge < -0.3 is 10.2 Å². The molecule has 0 aliphatic carbocycles. The van der Waals surface area contributed by atoms with Crippen LogP contribution in [0.4, 0.5) is 10.4 Å². The summed E-state index contributed by atoms with van der Waals surface area (Å²) >= 11 is 0. The summed E-state index contributed by atoms with van der Waals surface area (Å²) in [6, 6.07) is -0.110. The summed E-state index contributed by atoms with van der Waals surface area (Å²) in [5.41, 5.74) is 3.46. The van der Waals surface area contributed by atoms with E-state index in [1.807, 2.05) is 0 Å². The molecule has 0 unspecified atom stereocenters. The van der Waals surface area contributed by atoms with E-state index >= 15 is 0 Å². The highest BCUT2D eigenvalue weighted by Gasteiger charge is 2.25. The van der Waals surface area contributed by atoms with Crippen molar-refractivity contribution in [3.05, 3.63) is 5.89 Å². The van der Waals surface area contributed by atoms with E-state index in [0.29, 0.717) is 0 Å². The van der Waals surface area contributed by atoms with Crippen LogP contribution in [-0.2, 0) is 5.67 Å². The molecule has 0 spiro atoms. The van der Waals surface area contributed by atoms with Gasteiger partial charge in [0.1, 0.15) is 0 Å². The fourth-order valence-corrected chi connectivity index (χ4v) is 0.475. The minimum absolute atomic E-state index is 0.0926. The first-order chi connectivity index (χ1) is 4.50. The standard InChI is InChI=1S/C5H8FN3O/c1-5(2,6)3-8-9-4(7)10-3/h1-2H3,(H2,7,9). The monoisotopic (exact) mass is 145 g/mol. The Morgan fingerprint density at radius 2 is 2.10 bits per heavy atom. The molecule has 56 valence electrons. The number of nitrogen functional groups attached to an aromatic ring is 1. The van der Waals surface area contributed by atoms with Crippen molar-refractivity contribution in [2.24, 2.45) is 0 Å². The van der Waals surface area contributed by atoms with E-state index in [-0.39, 0.29) is 11.9 Å². The molecule has 0 aromatic carbocycles. The van der Waals surface area contributed by atoms with Gasteiger partial charge in [-0.25, -0.2) is 4.39 Å². The summed E-state index contributed by atoms with van der Waals surface area (Å²) in [6.07, 6.45) is 0. The first kappa shape index (κ1) is 6.98. The van der Waals surface area contributed by atoms with Gasteiger partial charge >= 0.3 is 6.01 Å². The summed E-state index contributed by atoms with van der Waals surface area (Å²) < 4.78 is 17.5. The molecule has 1 heterocycles. The van der Waals surface area contributed by atoms with Crippen LogP contribution in [0.5, 0.6) is 0 Å². The predicted molar refractivity (Wildman–Crippen MR) is 32.8 cm³/mol. The van der Waals surface area contributed by atoms with Gasteiger partial charge in [-0.3, -0.25) is 0 Å². The number of aromatic nitrogens is 2. The molecule has 2 N–H and O–H groups in total. The molecule has 0 saturated carbocycles. The molecule has 0 saturated heterocycles. The SMILES string of the molecule is CC(C)(F)c1nnc(N)o1. The Kier molecular flexibility index (Phi) is 1.35. The quantitative estimate of drug-likeness (QED) is 0.636. The van der Waals surface area contributed by atoms with Crippen molar-refractivity contribution in [1.82, 2.24) is 10.2 Å². The zero-order valence-electron chi connectivity index (χ0n) is 5.76. The van der Waals surface area contributed by atoms with Crippen molar-refractivity contribution in [2.75, 3.05) is 5.73 Å². The van der Waals surface area contributed by atoms with Crippen LogP contribution in [0.1, 0.15) is 19.7 Å². The van der Waals surface area contributed by atoms with E-state index in [1.165, 1.54) is 13.8 Å². The number of hydrogen-bond donors (Lipinski definition) is 1. The van der Waals surface area contributed by atoms with Gasteiger partial charge in [0, 0.05) is 0 Å². The topological polar surface area (TPSA) is 64.9 Å². The molecule has 0 atom stereocenters. The number of nitrogens with zero attached hydrogens (tertiary/aromatic N) is 2. The van der Waals surface area contributed by atoms with Crippen molar-refractivity contribution in [3.8, 4) is 0 Å². The molecule has 1 rings (SSSR count). The molecule has 0 fully saturated rings.